The quantitative estimate of drug-likeness (QED) is 0.766. The third-order valence-electron chi connectivity index (χ3n) is 3.49. The predicted molar refractivity (Wildman–Crippen MR) is 78.8 cm³/mol. The van der Waals surface area contributed by atoms with Crippen LogP contribution < -0.4 is 10.0 Å². The maximum atomic E-state index is 12.2. The van der Waals surface area contributed by atoms with Crippen LogP contribution in [0, 0.1) is 0 Å². The average molecular weight is 315 g/mol. The monoisotopic (exact) mass is 315 g/mol. The number of pyridine rings is 1. The second kappa shape index (κ2) is 6.69. The second-order valence-corrected chi connectivity index (χ2v) is 6.69. The third-order valence-corrected chi connectivity index (χ3v) is 4.88. The molecule has 2 rings (SSSR count). The molecule has 0 radical (unpaired) electrons. The molecule has 0 aliphatic carbocycles. The van der Waals surface area contributed by atoms with Gasteiger partial charge in [-0.05, 0) is 19.1 Å². The fourth-order valence-corrected chi connectivity index (χ4v) is 3.15. The van der Waals surface area contributed by atoms with Crippen LogP contribution in [0.4, 0.5) is 5.82 Å². The summed E-state index contributed by atoms with van der Waals surface area (Å²) in [5.41, 5.74) is -0.579. The van der Waals surface area contributed by atoms with E-state index in [9.17, 15) is 8.42 Å². The first kappa shape index (κ1) is 16.2. The van der Waals surface area contributed by atoms with E-state index in [4.69, 9.17) is 9.47 Å². The fourth-order valence-electron chi connectivity index (χ4n) is 2.10. The maximum Gasteiger partial charge on any atom is 0.242 e. The van der Waals surface area contributed by atoms with Crippen molar-refractivity contribution in [2.24, 2.45) is 0 Å². The van der Waals surface area contributed by atoms with Gasteiger partial charge in [0, 0.05) is 39.4 Å². The van der Waals surface area contributed by atoms with E-state index in [-0.39, 0.29) is 11.4 Å². The van der Waals surface area contributed by atoms with Gasteiger partial charge in [-0.2, -0.15) is 0 Å². The van der Waals surface area contributed by atoms with Crippen molar-refractivity contribution in [3.63, 3.8) is 0 Å². The summed E-state index contributed by atoms with van der Waals surface area (Å²) in [6.07, 6.45) is 2.01. The number of nitrogens with one attached hydrogen (secondary N) is 2. The van der Waals surface area contributed by atoms with Crippen molar-refractivity contribution in [1.29, 1.82) is 0 Å². The fraction of sp³-hybridized carbons (Fsp3) is 0.615. The first-order valence-electron chi connectivity index (χ1n) is 6.84. The Morgan fingerprint density at radius 3 is 2.81 bits per heavy atom. The van der Waals surface area contributed by atoms with Crippen LogP contribution in [0.2, 0.25) is 0 Å². The molecule has 8 heteroatoms. The molecule has 1 atom stereocenters. The first-order valence-corrected chi connectivity index (χ1v) is 8.32. The third kappa shape index (κ3) is 3.91. The van der Waals surface area contributed by atoms with Gasteiger partial charge in [0.15, 0.2) is 0 Å². The van der Waals surface area contributed by atoms with Crippen LogP contribution >= 0.6 is 0 Å². The van der Waals surface area contributed by atoms with Gasteiger partial charge in [-0.3, -0.25) is 0 Å². The smallest absolute Gasteiger partial charge is 0.242 e. The first-order chi connectivity index (χ1) is 10.0. The number of rotatable bonds is 7. The minimum absolute atomic E-state index is 0.134. The molecular formula is C13H21N3O4S. The zero-order valence-corrected chi connectivity index (χ0v) is 13.1. The molecule has 1 aromatic rings. The molecule has 1 aliphatic heterocycles. The summed E-state index contributed by atoms with van der Waals surface area (Å²) in [6.45, 7) is 3.83. The molecule has 2 heterocycles. The highest BCUT2D eigenvalue weighted by atomic mass is 32.2. The molecule has 118 valence electrons. The number of ether oxygens (including phenoxy) is 2. The van der Waals surface area contributed by atoms with Crippen molar-refractivity contribution in [2.75, 3.05) is 38.7 Å². The Hall–Kier alpha value is -1.22. The lowest BCUT2D eigenvalue weighted by Crippen LogP contribution is -2.44. The summed E-state index contributed by atoms with van der Waals surface area (Å²) in [6, 6.07) is 3.17. The molecule has 1 saturated heterocycles. The van der Waals surface area contributed by atoms with E-state index in [1.54, 1.807) is 13.2 Å². The lowest BCUT2D eigenvalue weighted by atomic mass is 10.0. The van der Waals surface area contributed by atoms with Crippen molar-refractivity contribution in [1.82, 2.24) is 9.71 Å². The predicted octanol–water partition coefficient (Wildman–Crippen LogP) is 0.597. The minimum atomic E-state index is -3.60. The van der Waals surface area contributed by atoms with E-state index in [0.717, 1.165) is 6.54 Å². The van der Waals surface area contributed by atoms with Crippen molar-refractivity contribution in [2.45, 2.75) is 23.8 Å². The molecular weight excluding hydrogens is 294 g/mol. The van der Waals surface area contributed by atoms with Gasteiger partial charge >= 0.3 is 0 Å². The van der Waals surface area contributed by atoms with Gasteiger partial charge in [-0.1, -0.05) is 0 Å². The topological polar surface area (TPSA) is 89.6 Å². The van der Waals surface area contributed by atoms with Crippen LogP contribution in [0.5, 0.6) is 0 Å². The van der Waals surface area contributed by atoms with Crippen LogP contribution in [0.3, 0.4) is 0 Å². The molecule has 2 N–H and O–H groups in total. The Morgan fingerprint density at radius 2 is 2.29 bits per heavy atom. The van der Waals surface area contributed by atoms with Gasteiger partial charge in [0.05, 0.1) is 6.61 Å². The van der Waals surface area contributed by atoms with Crippen LogP contribution in [0.25, 0.3) is 0 Å². The highest BCUT2D eigenvalue weighted by Crippen LogP contribution is 2.22. The number of aromatic nitrogens is 1. The van der Waals surface area contributed by atoms with E-state index in [1.807, 2.05) is 6.92 Å². The van der Waals surface area contributed by atoms with Gasteiger partial charge in [0.25, 0.3) is 0 Å². The highest BCUT2D eigenvalue weighted by molar-refractivity contribution is 7.89. The molecule has 0 aromatic carbocycles. The number of hydrogen-bond donors (Lipinski definition) is 2. The van der Waals surface area contributed by atoms with Crippen molar-refractivity contribution < 1.29 is 17.9 Å². The second-order valence-electron chi connectivity index (χ2n) is 4.92. The molecule has 7 nitrogen and oxygen atoms in total. The van der Waals surface area contributed by atoms with E-state index in [1.165, 1.54) is 12.3 Å². The van der Waals surface area contributed by atoms with E-state index < -0.39 is 15.6 Å². The van der Waals surface area contributed by atoms with Crippen LogP contribution in [0.1, 0.15) is 13.3 Å². The largest absolute Gasteiger partial charge is 0.378 e. The number of hydrogen-bond acceptors (Lipinski definition) is 6. The molecule has 1 aromatic heterocycles. The Labute approximate surface area is 125 Å². The summed E-state index contributed by atoms with van der Waals surface area (Å²) in [5.74, 6) is 0.647. The van der Waals surface area contributed by atoms with Crippen molar-refractivity contribution >= 4 is 15.8 Å². The Balaban J connectivity index is 2.04. The van der Waals surface area contributed by atoms with Crippen LogP contribution in [0.15, 0.2) is 23.2 Å². The highest BCUT2D eigenvalue weighted by Gasteiger charge is 2.36. The number of anilines is 1. The summed E-state index contributed by atoms with van der Waals surface area (Å²) in [5, 5.41) is 3.02. The molecule has 0 amide bonds. The molecule has 0 bridgehead atoms. The molecule has 1 aliphatic rings. The standard InChI is InChI=1S/C13H21N3O4S/c1-3-14-12-5-4-11(8-15-12)21(17,18)16-9-13(19-2)6-7-20-10-13/h4-5,8,16H,3,6-7,9-10H2,1-2H3,(H,14,15). The van der Waals surface area contributed by atoms with Gasteiger partial charge in [0.2, 0.25) is 10.0 Å². The zero-order valence-electron chi connectivity index (χ0n) is 12.3. The minimum Gasteiger partial charge on any atom is -0.378 e. The Kier molecular flexibility index (Phi) is 5.15. The van der Waals surface area contributed by atoms with Gasteiger partial charge in [-0.25, -0.2) is 18.1 Å². The van der Waals surface area contributed by atoms with E-state index in [0.29, 0.717) is 25.5 Å². The SMILES string of the molecule is CCNc1ccc(S(=O)(=O)NCC2(OC)CCOC2)cn1. The molecule has 21 heavy (non-hydrogen) atoms. The summed E-state index contributed by atoms with van der Waals surface area (Å²) in [7, 11) is -2.04. The molecule has 1 unspecified atom stereocenters. The lowest BCUT2D eigenvalue weighted by Gasteiger charge is -2.25. The molecule has 1 fully saturated rings. The van der Waals surface area contributed by atoms with Gasteiger partial charge in [0.1, 0.15) is 16.3 Å². The van der Waals surface area contributed by atoms with Crippen molar-refractivity contribution in [3.8, 4) is 0 Å². The van der Waals surface area contributed by atoms with E-state index >= 15 is 0 Å². The Bertz CT molecular complexity index is 553. The van der Waals surface area contributed by atoms with Gasteiger partial charge < -0.3 is 14.8 Å². The zero-order chi connectivity index (χ0) is 15.3. The van der Waals surface area contributed by atoms with Gasteiger partial charge in [-0.15, -0.1) is 0 Å². The van der Waals surface area contributed by atoms with Crippen LogP contribution in [-0.2, 0) is 19.5 Å². The number of sulfonamides is 1. The lowest BCUT2D eigenvalue weighted by molar-refractivity contribution is -0.0120. The number of nitrogens with zero attached hydrogens (tertiary/aromatic N) is 1. The van der Waals surface area contributed by atoms with Crippen molar-refractivity contribution in [3.05, 3.63) is 18.3 Å². The molecule has 0 saturated carbocycles. The number of methoxy groups -OCH3 is 1. The summed E-state index contributed by atoms with van der Waals surface area (Å²) >= 11 is 0. The maximum absolute atomic E-state index is 12.2. The molecule has 0 spiro atoms. The van der Waals surface area contributed by atoms with E-state index in [2.05, 4.69) is 15.0 Å². The summed E-state index contributed by atoms with van der Waals surface area (Å²) < 4.78 is 37.8. The summed E-state index contributed by atoms with van der Waals surface area (Å²) in [4.78, 5) is 4.20. The normalized spacial score (nSPS) is 22.4. The Morgan fingerprint density at radius 1 is 1.48 bits per heavy atom. The average Bonchev–Trinajstić information content (AvgIpc) is 2.96. The van der Waals surface area contributed by atoms with Crippen LogP contribution in [-0.4, -0.2) is 52.4 Å².